The van der Waals surface area contributed by atoms with Gasteiger partial charge in [-0.05, 0) is 37.3 Å². The third-order valence-electron chi connectivity index (χ3n) is 4.44. The van der Waals surface area contributed by atoms with Gasteiger partial charge in [0.05, 0.1) is 13.4 Å². The summed E-state index contributed by atoms with van der Waals surface area (Å²) in [6.07, 6.45) is 1.54. The zero-order chi connectivity index (χ0) is 20.2. The number of carbonyl (C=O) groups excluding carboxylic acids is 1. The average molecular weight is 388 g/mol. The molecule has 0 unspecified atom stereocenters. The van der Waals surface area contributed by atoms with Crippen LogP contribution in [0.2, 0.25) is 0 Å². The molecular formula is C22H20N4O3. The molecule has 0 fully saturated rings. The lowest BCUT2D eigenvalue weighted by Crippen LogP contribution is -2.17. The number of hydrogen-bond donors (Lipinski definition) is 1. The molecule has 2 aromatic carbocycles. The Kier molecular flexibility index (Phi) is 5.11. The minimum absolute atomic E-state index is 0.276. The molecule has 0 bridgehead atoms. The second-order valence-corrected chi connectivity index (χ2v) is 6.49. The minimum Gasteiger partial charge on any atom is -0.496 e. The molecule has 146 valence electrons. The van der Waals surface area contributed by atoms with Gasteiger partial charge in [-0.15, -0.1) is 5.10 Å². The first-order valence-electron chi connectivity index (χ1n) is 9.14. The van der Waals surface area contributed by atoms with Gasteiger partial charge in [0.25, 0.3) is 5.91 Å². The van der Waals surface area contributed by atoms with Crippen molar-refractivity contribution in [1.82, 2.24) is 14.8 Å². The molecule has 0 radical (unpaired) electrons. The zero-order valence-electron chi connectivity index (χ0n) is 16.1. The number of ether oxygens (including phenoxy) is 1. The van der Waals surface area contributed by atoms with Crippen molar-refractivity contribution in [3.8, 4) is 17.3 Å². The van der Waals surface area contributed by atoms with E-state index in [4.69, 9.17) is 9.15 Å². The standard InChI is InChI=1S/C22H20N4O3/c1-15-7-5-9-16(13-15)21(27)26-22(24-20(25-26)19-11-6-12-29-19)23-14-17-8-3-4-10-18(17)28-2/h3-13H,14H2,1-2H3,(H,23,24,25). The van der Waals surface area contributed by atoms with Crippen LogP contribution in [-0.2, 0) is 6.54 Å². The Balaban J connectivity index is 1.69. The third-order valence-corrected chi connectivity index (χ3v) is 4.44. The molecule has 1 N–H and O–H groups in total. The Morgan fingerprint density at radius 3 is 2.76 bits per heavy atom. The second kappa shape index (κ2) is 8.02. The van der Waals surface area contributed by atoms with Gasteiger partial charge in [0.2, 0.25) is 11.8 Å². The third kappa shape index (κ3) is 3.89. The van der Waals surface area contributed by atoms with E-state index in [0.717, 1.165) is 16.9 Å². The Labute approximate surface area is 168 Å². The highest BCUT2D eigenvalue weighted by atomic mass is 16.5. The number of benzene rings is 2. The number of carbonyl (C=O) groups is 1. The quantitative estimate of drug-likeness (QED) is 0.534. The summed E-state index contributed by atoms with van der Waals surface area (Å²) in [6.45, 7) is 2.36. The molecule has 7 nitrogen and oxygen atoms in total. The number of nitrogens with zero attached hydrogens (tertiary/aromatic N) is 3. The summed E-state index contributed by atoms with van der Waals surface area (Å²) in [7, 11) is 1.62. The number of anilines is 1. The number of rotatable bonds is 6. The molecule has 0 saturated heterocycles. The predicted molar refractivity (Wildman–Crippen MR) is 109 cm³/mol. The lowest BCUT2D eigenvalue weighted by atomic mass is 10.1. The monoisotopic (exact) mass is 388 g/mol. The van der Waals surface area contributed by atoms with E-state index >= 15 is 0 Å². The van der Waals surface area contributed by atoms with E-state index in [0.29, 0.717) is 29.6 Å². The SMILES string of the molecule is COc1ccccc1CNc1nc(-c2ccco2)nn1C(=O)c1cccc(C)c1. The first kappa shape index (κ1) is 18.5. The first-order valence-corrected chi connectivity index (χ1v) is 9.14. The van der Waals surface area contributed by atoms with E-state index in [2.05, 4.69) is 15.4 Å². The van der Waals surface area contributed by atoms with Gasteiger partial charge >= 0.3 is 0 Å². The fourth-order valence-corrected chi connectivity index (χ4v) is 3.00. The predicted octanol–water partition coefficient (Wildman–Crippen LogP) is 4.16. The first-order chi connectivity index (χ1) is 14.2. The highest BCUT2D eigenvalue weighted by Gasteiger charge is 2.20. The number of para-hydroxylation sites is 1. The van der Waals surface area contributed by atoms with E-state index in [-0.39, 0.29) is 5.91 Å². The van der Waals surface area contributed by atoms with E-state index in [1.165, 1.54) is 4.68 Å². The van der Waals surface area contributed by atoms with E-state index in [1.807, 2.05) is 49.4 Å². The van der Waals surface area contributed by atoms with Crippen molar-refractivity contribution in [2.24, 2.45) is 0 Å². The molecule has 0 saturated carbocycles. The maximum atomic E-state index is 13.1. The number of nitrogens with one attached hydrogen (secondary N) is 1. The van der Waals surface area contributed by atoms with Crippen LogP contribution in [0.1, 0.15) is 21.5 Å². The Hall–Kier alpha value is -3.87. The maximum absolute atomic E-state index is 13.1. The minimum atomic E-state index is -0.276. The molecule has 4 aromatic rings. The van der Waals surface area contributed by atoms with Crippen molar-refractivity contribution in [2.45, 2.75) is 13.5 Å². The lowest BCUT2D eigenvalue weighted by Gasteiger charge is -2.10. The Morgan fingerprint density at radius 2 is 2.00 bits per heavy atom. The summed E-state index contributed by atoms with van der Waals surface area (Å²) in [5.41, 5.74) is 2.46. The number of furan rings is 1. The van der Waals surface area contributed by atoms with Crippen molar-refractivity contribution in [3.63, 3.8) is 0 Å². The fraction of sp³-hybridized carbons (Fsp3) is 0.136. The lowest BCUT2D eigenvalue weighted by molar-refractivity contribution is 0.0947. The molecule has 0 spiro atoms. The van der Waals surface area contributed by atoms with Crippen molar-refractivity contribution < 1.29 is 13.9 Å². The molecule has 0 atom stereocenters. The van der Waals surface area contributed by atoms with Gasteiger partial charge in [0.15, 0.2) is 5.76 Å². The number of hydrogen-bond acceptors (Lipinski definition) is 6. The molecule has 7 heteroatoms. The fourth-order valence-electron chi connectivity index (χ4n) is 3.00. The molecule has 29 heavy (non-hydrogen) atoms. The van der Waals surface area contributed by atoms with Crippen LogP contribution in [0.25, 0.3) is 11.6 Å². The molecule has 4 rings (SSSR count). The van der Waals surface area contributed by atoms with Gasteiger partial charge in [0.1, 0.15) is 5.75 Å². The molecule has 0 aliphatic rings. The van der Waals surface area contributed by atoms with Crippen LogP contribution in [0.3, 0.4) is 0 Å². The number of aryl methyl sites for hydroxylation is 1. The highest BCUT2D eigenvalue weighted by Crippen LogP contribution is 2.22. The van der Waals surface area contributed by atoms with E-state index in [9.17, 15) is 4.79 Å². The van der Waals surface area contributed by atoms with Crippen LogP contribution < -0.4 is 10.1 Å². The molecule has 0 aliphatic heterocycles. The van der Waals surface area contributed by atoms with E-state index in [1.54, 1.807) is 31.6 Å². The summed E-state index contributed by atoms with van der Waals surface area (Å²) in [5.74, 6) is 1.62. The molecular weight excluding hydrogens is 368 g/mol. The number of methoxy groups -OCH3 is 1. The normalized spacial score (nSPS) is 10.7. The molecule has 2 heterocycles. The van der Waals surface area contributed by atoms with Crippen LogP contribution >= 0.6 is 0 Å². The van der Waals surface area contributed by atoms with Gasteiger partial charge < -0.3 is 14.5 Å². The summed E-state index contributed by atoms with van der Waals surface area (Å²) < 4.78 is 12.1. The van der Waals surface area contributed by atoms with Gasteiger partial charge in [-0.2, -0.15) is 9.67 Å². The van der Waals surface area contributed by atoms with Gasteiger partial charge in [-0.3, -0.25) is 4.79 Å². The average Bonchev–Trinajstić information content (AvgIpc) is 3.42. The smallest absolute Gasteiger partial charge is 0.281 e. The van der Waals surface area contributed by atoms with Crippen LogP contribution in [0, 0.1) is 6.92 Å². The largest absolute Gasteiger partial charge is 0.496 e. The summed E-state index contributed by atoms with van der Waals surface area (Å²) >= 11 is 0. The summed E-state index contributed by atoms with van der Waals surface area (Å²) in [4.78, 5) is 17.6. The summed E-state index contributed by atoms with van der Waals surface area (Å²) in [6, 6.07) is 18.5. The van der Waals surface area contributed by atoms with Crippen LogP contribution in [0.4, 0.5) is 5.95 Å². The van der Waals surface area contributed by atoms with Crippen molar-refractivity contribution in [3.05, 3.63) is 83.6 Å². The molecule has 0 amide bonds. The van der Waals surface area contributed by atoms with Crippen LogP contribution in [0.15, 0.2) is 71.3 Å². The van der Waals surface area contributed by atoms with Crippen molar-refractivity contribution >= 4 is 11.9 Å². The molecule has 2 aromatic heterocycles. The van der Waals surface area contributed by atoms with Gasteiger partial charge in [-0.1, -0.05) is 35.9 Å². The summed E-state index contributed by atoms with van der Waals surface area (Å²) in [5, 5.41) is 7.58. The molecule has 0 aliphatic carbocycles. The maximum Gasteiger partial charge on any atom is 0.281 e. The Bertz CT molecular complexity index is 1130. The van der Waals surface area contributed by atoms with Crippen LogP contribution in [-0.4, -0.2) is 27.8 Å². The second-order valence-electron chi connectivity index (χ2n) is 6.49. The van der Waals surface area contributed by atoms with Gasteiger partial charge in [-0.25, -0.2) is 0 Å². The Morgan fingerprint density at radius 1 is 1.14 bits per heavy atom. The van der Waals surface area contributed by atoms with Crippen LogP contribution in [0.5, 0.6) is 5.75 Å². The van der Waals surface area contributed by atoms with Crippen molar-refractivity contribution in [2.75, 3.05) is 12.4 Å². The van der Waals surface area contributed by atoms with Crippen molar-refractivity contribution in [1.29, 1.82) is 0 Å². The van der Waals surface area contributed by atoms with E-state index < -0.39 is 0 Å². The zero-order valence-corrected chi connectivity index (χ0v) is 16.1. The number of aromatic nitrogens is 3. The topological polar surface area (TPSA) is 82.2 Å². The highest BCUT2D eigenvalue weighted by molar-refractivity contribution is 5.97. The van der Waals surface area contributed by atoms with Gasteiger partial charge in [0, 0.05) is 17.7 Å².